The van der Waals surface area contributed by atoms with E-state index in [-0.39, 0.29) is 21.9 Å². The lowest BCUT2D eigenvalue weighted by molar-refractivity contribution is 0.397. The van der Waals surface area contributed by atoms with Crippen LogP contribution in [0.4, 0.5) is 11.6 Å². The molecule has 21 heavy (non-hydrogen) atoms. The minimum atomic E-state index is -3.92. The minimum absolute atomic E-state index is 0.0370. The molecule has 0 unspecified atom stereocenters. The zero-order chi connectivity index (χ0) is 15.6. The second kappa shape index (κ2) is 6.04. The Balaban J connectivity index is 2.42. The second-order valence-electron chi connectivity index (χ2n) is 3.85. The second-order valence-corrected chi connectivity index (χ2v) is 6.74. The van der Waals surface area contributed by atoms with Gasteiger partial charge in [-0.15, -0.1) is 0 Å². The van der Waals surface area contributed by atoms with Crippen LogP contribution in [0.1, 0.15) is 0 Å². The Bertz CT molecular complexity index is 785. The highest BCUT2D eigenvalue weighted by Crippen LogP contribution is 2.26. The molecule has 1 heterocycles. The maximum absolute atomic E-state index is 12.3. The molecular weight excluding hydrogens is 384 g/mol. The summed E-state index contributed by atoms with van der Waals surface area (Å²) in [6, 6.07) is 5.77. The maximum atomic E-state index is 12.3. The average Bonchev–Trinajstić information content (AvgIpc) is 2.40. The number of rotatable bonds is 4. The van der Waals surface area contributed by atoms with E-state index in [2.05, 4.69) is 30.6 Å². The summed E-state index contributed by atoms with van der Waals surface area (Å²) in [5.41, 5.74) is 5.91. The minimum Gasteiger partial charge on any atom is -0.481 e. The lowest BCUT2D eigenvalue weighted by Crippen LogP contribution is -2.16. The number of nitrogens with zero attached hydrogens (tertiary/aromatic N) is 2. The summed E-state index contributed by atoms with van der Waals surface area (Å²) >= 11 is 8.92. The molecule has 3 N–H and O–H groups in total. The van der Waals surface area contributed by atoms with Crippen molar-refractivity contribution in [3.05, 3.63) is 33.9 Å². The van der Waals surface area contributed by atoms with Crippen LogP contribution in [-0.4, -0.2) is 25.5 Å². The van der Waals surface area contributed by atoms with E-state index in [1.807, 2.05) is 0 Å². The number of hydrogen-bond donors (Lipinski definition) is 2. The van der Waals surface area contributed by atoms with Crippen LogP contribution in [0, 0.1) is 0 Å². The fourth-order valence-electron chi connectivity index (χ4n) is 1.45. The molecule has 0 atom stereocenters. The Labute approximate surface area is 134 Å². The number of nitrogen functional groups attached to an aromatic ring is 1. The molecule has 0 radical (unpaired) electrons. The Morgan fingerprint density at radius 1 is 1.33 bits per heavy atom. The number of benzene rings is 1. The summed E-state index contributed by atoms with van der Waals surface area (Å²) in [6.07, 6.45) is 0. The van der Waals surface area contributed by atoms with Crippen LogP contribution in [-0.2, 0) is 10.0 Å². The van der Waals surface area contributed by atoms with Crippen LogP contribution in [0.2, 0.25) is 5.15 Å². The molecule has 0 aliphatic heterocycles. The Morgan fingerprint density at radius 2 is 2.05 bits per heavy atom. The zero-order valence-corrected chi connectivity index (χ0v) is 13.8. The Morgan fingerprint density at radius 3 is 2.71 bits per heavy atom. The third-order valence-corrected chi connectivity index (χ3v) is 4.87. The first-order valence-electron chi connectivity index (χ1n) is 5.48. The van der Waals surface area contributed by atoms with Crippen molar-refractivity contribution in [2.75, 3.05) is 17.6 Å². The van der Waals surface area contributed by atoms with Crippen LogP contribution in [0.25, 0.3) is 0 Å². The summed E-state index contributed by atoms with van der Waals surface area (Å²) in [5.74, 6) is -0.0620. The average molecular weight is 394 g/mol. The predicted molar refractivity (Wildman–Crippen MR) is 83.0 cm³/mol. The number of hydrogen-bond acceptors (Lipinski definition) is 6. The molecule has 0 fully saturated rings. The maximum Gasteiger partial charge on any atom is 0.265 e. The smallest absolute Gasteiger partial charge is 0.265 e. The standard InChI is InChI=1S/C11H10BrClN4O3S/c1-20-10-5-9(13)15-11(16-10)17-21(18,19)8-4-6(14)2-3-7(8)12/h2-5H,14H2,1H3,(H,15,16,17). The largest absolute Gasteiger partial charge is 0.481 e. The third kappa shape index (κ3) is 3.74. The topological polar surface area (TPSA) is 107 Å². The highest BCUT2D eigenvalue weighted by atomic mass is 79.9. The number of aromatic nitrogens is 2. The van der Waals surface area contributed by atoms with Crippen molar-refractivity contribution in [2.24, 2.45) is 0 Å². The van der Waals surface area contributed by atoms with E-state index in [1.165, 1.54) is 25.3 Å². The van der Waals surface area contributed by atoms with Crippen molar-refractivity contribution in [3.63, 3.8) is 0 Å². The summed E-state index contributed by atoms with van der Waals surface area (Å²) < 4.78 is 32.1. The molecule has 0 amide bonds. The normalized spacial score (nSPS) is 11.2. The Kier molecular flexibility index (Phi) is 4.55. The fraction of sp³-hybridized carbons (Fsp3) is 0.0909. The van der Waals surface area contributed by atoms with Crippen molar-refractivity contribution < 1.29 is 13.2 Å². The lowest BCUT2D eigenvalue weighted by atomic mass is 10.3. The predicted octanol–water partition coefficient (Wildman–Crippen LogP) is 2.28. The first kappa shape index (κ1) is 15.8. The van der Waals surface area contributed by atoms with Gasteiger partial charge in [-0.05, 0) is 34.1 Å². The monoisotopic (exact) mass is 392 g/mol. The highest BCUT2D eigenvalue weighted by Gasteiger charge is 2.20. The fourth-order valence-corrected chi connectivity index (χ4v) is 3.57. The van der Waals surface area contributed by atoms with Gasteiger partial charge in [0.1, 0.15) is 10.0 Å². The van der Waals surface area contributed by atoms with Gasteiger partial charge in [-0.1, -0.05) is 11.6 Å². The highest BCUT2D eigenvalue weighted by molar-refractivity contribution is 9.10. The first-order valence-corrected chi connectivity index (χ1v) is 8.13. The summed E-state index contributed by atoms with van der Waals surface area (Å²) in [7, 11) is -2.54. The van der Waals surface area contributed by atoms with Crippen molar-refractivity contribution >= 4 is 49.2 Å². The molecule has 0 aliphatic rings. The van der Waals surface area contributed by atoms with Crippen molar-refractivity contribution in [1.29, 1.82) is 0 Å². The molecule has 10 heteroatoms. The quantitative estimate of drug-likeness (QED) is 0.609. The molecule has 0 saturated heterocycles. The zero-order valence-electron chi connectivity index (χ0n) is 10.7. The number of anilines is 2. The van der Waals surface area contributed by atoms with Gasteiger partial charge in [0, 0.05) is 16.2 Å². The van der Waals surface area contributed by atoms with Gasteiger partial charge in [-0.3, -0.25) is 0 Å². The van der Waals surface area contributed by atoms with Gasteiger partial charge in [0.2, 0.25) is 11.8 Å². The summed E-state index contributed by atoms with van der Waals surface area (Å²) in [5, 5.41) is 0.0474. The molecule has 0 spiro atoms. The molecular formula is C11H10BrClN4O3S. The number of ether oxygens (including phenoxy) is 1. The molecule has 2 rings (SSSR count). The summed E-state index contributed by atoms with van der Waals surface area (Å²) in [6.45, 7) is 0. The van der Waals surface area contributed by atoms with E-state index >= 15 is 0 Å². The van der Waals surface area contributed by atoms with Gasteiger partial charge in [0.25, 0.3) is 10.0 Å². The molecule has 0 saturated carbocycles. The SMILES string of the molecule is COc1cc(Cl)nc(NS(=O)(=O)c2cc(N)ccc2Br)n1. The van der Waals surface area contributed by atoms with Gasteiger partial charge in [-0.25, -0.2) is 18.1 Å². The third-order valence-electron chi connectivity index (χ3n) is 2.35. The number of sulfonamides is 1. The van der Waals surface area contributed by atoms with E-state index in [9.17, 15) is 8.42 Å². The molecule has 112 valence electrons. The molecule has 7 nitrogen and oxygen atoms in total. The molecule has 0 bridgehead atoms. The van der Waals surface area contributed by atoms with Gasteiger partial charge in [-0.2, -0.15) is 4.98 Å². The van der Waals surface area contributed by atoms with Crippen LogP contribution >= 0.6 is 27.5 Å². The molecule has 0 aliphatic carbocycles. The van der Waals surface area contributed by atoms with Gasteiger partial charge < -0.3 is 10.5 Å². The van der Waals surface area contributed by atoms with E-state index in [0.717, 1.165) is 0 Å². The number of nitrogens with two attached hydrogens (primary N) is 1. The van der Waals surface area contributed by atoms with Crippen LogP contribution in [0.3, 0.4) is 0 Å². The molecule has 1 aromatic heterocycles. The molecule has 1 aromatic carbocycles. The van der Waals surface area contributed by atoms with E-state index in [4.69, 9.17) is 22.1 Å². The first-order chi connectivity index (χ1) is 9.81. The lowest BCUT2D eigenvalue weighted by Gasteiger charge is -2.10. The molecule has 2 aromatic rings. The Hall–Kier alpha value is -1.58. The van der Waals surface area contributed by atoms with Crippen LogP contribution in [0.5, 0.6) is 5.88 Å². The van der Waals surface area contributed by atoms with Gasteiger partial charge in [0.05, 0.1) is 7.11 Å². The van der Waals surface area contributed by atoms with Gasteiger partial charge in [0.15, 0.2) is 0 Å². The number of nitrogens with one attached hydrogen (secondary N) is 1. The van der Waals surface area contributed by atoms with Crippen molar-refractivity contribution in [1.82, 2.24) is 9.97 Å². The number of methoxy groups -OCH3 is 1. The van der Waals surface area contributed by atoms with Crippen LogP contribution in [0.15, 0.2) is 33.6 Å². The van der Waals surface area contributed by atoms with E-state index < -0.39 is 10.0 Å². The summed E-state index contributed by atoms with van der Waals surface area (Å²) in [4.78, 5) is 7.61. The van der Waals surface area contributed by atoms with Crippen LogP contribution < -0.4 is 15.2 Å². The van der Waals surface area contributed by atoms with Gasteiger partial charge >= 0.3 is 0 Å². The van der Waals surface area contributed by atoms with E-state index in [1.54, 1.807) is 6.07 Å². The number of halogens is 2. The van der Waals surface area contributed by atoms with Crippen molar-refractivity contribution in [3.8, 4) is 5.88 Å². The van der Waals surface area contributed by atoms with Crippen molar-refractivity contribution in [2.45, 2.75) is 4.90 Å². The van der Waals surface area contributed by atoms with E-state index in [0.29, 0.717) is 10.2 Å².